The van der Waals surface area contributed by atoms with Crippen LogP contribution in [0.25, 0.3) is 5.57 Å². The second-order valence-electron chi connectivity index (χ2n) is 12.2. The number of rotatable bonds is 7. The van der Waals surface area contributed by atoms with Crippen LogP contribution in [0.3, 0.4) is 0 Å². The van der Waals surface area contributed by atoms with Gasteiger partial charge in [0, 0.05) is 54.7 Å². The molecule has 0 radical (unpaired) electrons. The first-order valence-electron chi connectivity index (χ1n) is 14.4. The van der Waals surface area contributed by atoms with Crippen molar-refractivity contribution in [3.05, 3.63) is 94.0 Å². The SMILES string of the molecule is Cc1cc(S(=O)(=O)NC(=O)c2ccc(N3CCN(CC4=C(c5ccc(Cl)cc5)CCC(C)(C)C4)CC3)cc2)ccc1N. The Morgan fingerprint density at radius 3 is 2.29 bits per heavy atom. The molecule has 0 spiro atoms. The van der Waals surface area contributed by atoms with Gasteiger partial charge in [-0.3, -0.25) is 9.69 Å². The standard InChI is InChI=1S/C33H39ClN4O3S/c1-23-20-29(12-13-31(23)35)42(40,41)36-32(39)25-6-10-28(11-7-25)38-18-16-37(17-19-38)22-26-21-33(2,3)15-14-30(26)24-4-8-27(34)9-5-24/h4-13,20H,14-19,21-22,35H2,1-3H3,(H,36,39). The fourth-order valence-electron chi connectivity index (χ4n) is 5.88. The molecule has 2 aliphatic rings. The van der Waals surface area contributed by atoms with E-state index in [2.05, 4.69) is 40.5 Å². The van der Waals surface area contributed by atoms with Gasteiger partial charge in [-0.15, -0.1) is 0 Å². The Bertz CT molecular complexity index is 1590. The minimum atomic E-state index is -4.01. The van der Waals surface area contributed by atoms with E-state index >= 15 is 0 Å². The highest BCUT2D eigenvalue weighted by Gasteiger charge is 2.29. The molecule has 9 heteroatoms. The summed E-state index contributed by atoms with van der Waals surface area (Å²) < 4.78 is 27.6. The molecule has 0 bridgehead atoms. The zero-order chi connectivity index (χ0) is 30.1. The number of nitrogens with one attached hydrogen (secondary N) is 1. The molecule has 1 fully saturated rings. The molecule has 1 amide bonds. The van der Waals surface area contributed by atoms with Gasteiger partial charge in [0.25, 0.3) is 15.9 Å². The first kappa shape index (κ1) is 30.1. The predicted molar refractivity (Wildman–Crippen MR) is 171 cm³/mol. The molecule has 7 nitrogen and oxygen atoms in total. The molecule has 0 saturated carbocycles. The van der Waals surface area contributed by atoms with Crippen molar-refractivity contribution < 1.29 is 13.2 Å². The summed E-state index contributed by atoms with van der Waals surface area (Å²) in [5.74, 6) is -0.666. The van der Waals surface area contributed by atoms with Gasteiger partial charge in [0.05, 0.1) is 4.90 Å². The number of anilines is 2. The fraction of sp³-hybridized carbons (Fsp3) is 0.364. The summed E-state index contributed by atoms with van der Waals surface area (Å²) in [6, 6.07) is 19.7. The molecular weight excluding hydrogens is 568 g/mol. The monoisotopic (exact) mass is 606 g/mol. The van der Waals surface area contributed by atoms with Gasteiger partial charge in [-0.25, -0.2) is 13.1 Å². The summed E-state index contributed by atoms with van der Waals surface area (Å²) in [6.07, 6.45) is 3.37. The van der Waals surface area contributed by atoms with Crippen molar-refractivity contribution in [2.75, 3.05) is 43.4 Å². The van der Waals surface area contributed by atoms with Crippen LogP contribution in [0.1, 0.15) is 54.6 Å². The maximum atomic E-state index is 12.8. The van der Waals surface area contributed by atoms with E-state index in [0.29, 0.717) is 16.7 Å². The van der Waals surface area contributed by atoms with Crippen LogP contribution < -0.4 is 15.4 Å². The maximum absolute atomic E-state index is 12.8. The molecule has 0 atom stereocenters. The Hall–Kier alpha value is -3.33. The predicted octanol–water partition coefficient (Wildman–Crippen LogP) is 6.14. The number of halogens is 1. The summed E-state index contributed by atoms with van der Waals surface area (Å²) in [5, 5.41) is 0.764. The first-order chi connectivity index (χ1) is 19.9. The van der Waals surface area contributed by atoms with E-state index in [4.69, 9.17) is 17.3 Å². The number of benzene rings is 3. The van der Waals surface area contributed by atoms with Crippen LogP contribution >= 0.6 is 11.6 Å². The van der Waals surface area contributed by atoms with Gasteiger partial charge < -0.3 is 10.6 Å². The number of carbonyl (C=O) groups is 1. The lowest BCUT2D eigenvalue weighted by Gasteiger charge is -2.39. The Morgan fingerprint density at radius 1 is 0.976 bits per heavy atom. The summed E-state index contributed by atoms with van der Waals surface area (Å²) >= 11 is 6.16. The van der Waals surface area contributed by atoms with E-state index < -0.39 is 15.9 Å². The normalized spacial score (nSPS) is 17.8. The lowest BCUT2D eigenvalue weighted by atomic mass is 9.73. The number of nitrogens with zero attached hydrogens (tertiary/aromatic N) is 2. The molecule has 1 heterocycles. The molecule has 42 heavy (non-hydrogen) atoms. The van der Waals surface area contributed by atoms with Gasteiger partial charge in [-0.05, 0) is 103 Å². The summed E-state index contributed by atoms with van der Waals surface area (Å²) in [7, 11) is -4.01. The van der Waals surface area contributed by atoms with Crippen molar-refractivity contribution in [1.29, 1.82) is 0 Å². The van der Waals surface area contributed by atoms with E-state index in [1.165, 1.54) is 41.3 Å². The van der Waals surface area contributed by atoms with Crippen LogP contribution in [0.4, 0.5) is 11.4 Å². The molecule has 1 aliphatic carbocycles. The maximum Gasteiger partial charge on any atom is 0.264 e. The number of carbonyl (C=O) groups excluding carboxylic acids is 1. The minimum Gasteiger partial charge on any atom is -0.399 e. The molecule has 5 rings (SSSR count). The van der Waals surface area contributed by atoms with Crippen LogP contribution in [-0.2, 0) is 10.0 Å². The van der Waals surface area contributed by atoms with Crippen molar-refractivity contribution in [3.63, 3.8) is 0 Å². The van der Waals surface area contributed by atoms with Gasteiger partial charge in [0.2, 0.25) is 0 Å². The highest BCUT2D eigenvalue weighted by atomic mass is 35.5. The van der Waals surface area contributed by atoms with E-state index in [1.54, 1.807) is 19.1 Å². The lowest BCUT2D eigenvalue weighted by Crippen LogP contribution is -2.47. The van der Waals surface area contributed by atoms with Crippen molar-refractivity contribution in [2.24, 2.45) is 5.41 Å². The summed E-state index contributed by atoms with van der Waals surface area (Å²) in [6.45, 7) is 11.1. The Kier molecular flexibility index (Phi) is 8.69. The third-order valence-electron chi connectivity index (χ3n) is 8.42. The van der Waals surface area contributed by atoms with Crippen LogP contribution in [0, 0.1) is 12.3 Å². The number of nitrogens with two attached hydrogens (primary N) is 1. The van der Waals surface area contributed by atoms with Crippen LogP contribution in [-0.4, -0.2) is 51.9 Å². The summed E-state index contributed by atoms with van der Waals surface area (Å²) in [4.78, 5) is 17.6. The molecule has 3 aromatic carbocycles. The van der Waals surface area contributed by atoms with Crippen molar-refractivity contribution >= 4 is 44.5 Å². The number of piperazine rings is 1. The van der Waals surface area contributed by atoms with E-state index in [-0.39, 0.29) is 10.5 Å². The van der Waals surface area contributed by atoms with Gasteiger partial charge in [-0.2, -0.15) is 0 Å². The molecule has 3 N–H and O–H groups in total. The molecule has 222 valence electrons. The molecule has 0 aromatic heterocycles. The topological polar surface area (TPSA) is 95.7 Å². The third kappa shape index (κ3) is 7.00. The van der Waals surface area contributed by atoms with Gasteiger partial charge in [-0.1, -0.05) is 43.2 Å². The third-order valence-corrected chi connectivity index (χ3v) is 10.0. The van der Waals surface area contributed by atoms with Crippen LogP contribution in [0.15, 0.2) is 77.2 Å². The quantitative estimate of drug-likeness (QED) is 0.314. The minimum absolute atomic E-state index is 0.00452. The van der Waals surface area contributed by atoms with Gasteiger partial charge >= 0.3 is 0 Å². The lowest BCUT2D eigenvalue weighted by molar-refractivity contribution is 0.0981. The zero-order valence-electron chi connectivity index (χ0n) is 24.5. The molecule has 1 saturated heterocycles. The highest BCUT2D eigenvalue weighted by molar-refractivity contribution is 7.90. The number of sulfonamides is 1. The number of hydrogen-bond donors (Lipinski definition) is 2. The zero-order valence-corrected chi connectivity index (χ0v) is 26.1. The number of hydrogen-bond acceptors (Lipinski definition) is 6. The Morgan fingerprint density at radius 2 is 1.64 bits per heavy atom. The van der Waals surface area contributed by atoms with E-state index in [1.807, 2.05) is 24.3 Å². The van der Waals surface area contributed by atoms with Crippen molar-refractivity contribution in [1.82, 2.24) is 9.62 Å². The second-order valence-corrected chi connectivity index (χ2v) is 14.3. The molecular formula is C33H39ClN4O3S. The molecule has 3 aromatic rings. The average molecular weight is 607 g/mol. The van der Waals surface area contributed by atoms with Gasteiger partial charge in [0.15, 0.2) is 0 Å². The summed E-state index contributed by atoms with van der Waals surface area (Å²) in [5.41, 5.74) is 12.8. The second kappa shape index (κ2) is 12.1. The van der Waals surface area contributed by atoms with E-state index in [9.17, 15) is 13.2 Å². The van der Waals surface area contributed by atoms with Crippen LogP contribution in [0.2, 0.25) is 5.02 Å². The number of allylic oxidation sites excluding steroid dienone is 1. The molecule has 1 aliphatic heterocycles. The highest BCUT2D eigenvalue weighted by Crippen LogP contribution is 2.42. The Balaban J connectivity index is 1.20. The smallest absolute Gasteiger partial charge is 0.264 e. The molecule has 0 unspecified atom stereocenters. The van der Waals surface area contributed by atoms with Crippen molar-refractivity contribution in [3.8, 4) is 0 Å². The first-order valence-corrected chi connectivity index (χ1v) is 16.2. The largest absolute Gasteiger partial charge is 0.399 e. The fourth-order valence-corrected chi connectivity index (χ4v) is 7.06. The average Bonchev–Trinajstić information content (AvgIpc) is 2.95. The Labute approximate surface area is 254 Å². The number of nitrogen functional groups attached to an aromatic ring is 1. The van der Waals surface area contributed by atoms with Crippen molar-refractivity contribution in [2.45, 2.75) is 44.9 Å². The van der Waals surface area contributed by atoms with Gasteiger partial charge in [0.1, 0.15) is 0 Å². The number of amides is 1. The van der Waals surface area contributed by atoms with Crippen LogP contribution in [0.5, 0.6) is 0 Å². The van der Waals surface area contributed by atoms with E-state index in [0.717, 1.165) is 56.3 Å². The number of aryl methyl sites for hydroxylation is 1.